The van der Waals surface area contributed by atoms with Gasteiger partial charge in [-0.15, -0.1) is 5.10 Å². The van der Waals surface area contributed by atoms with Gasteiger partial charge in [-0.05, 0) is 22.0 Å². The summed E-state index contributed by atoms with van der Waals surface area (Å²) in [5.74, 6) is 0. The van der Waals surface area contributed by atoms with Gasteiger partial charge in [-0.1, -0.05) is 11.6 Å². The highest BCUT2D eigenvalue weighted by Crippen LogP contribution is 2.24. The van der Waals surface area contributed by atoms with Crippen LogP contribution in [0.2, 0.25) is 5.02 Å². The van der Waals surface area contributed by atoms with Crippen LogP contribution in [0, 0.1) is 0 Å². The van der Waals surface area contributed by atoms with E-state index in [-0.39, 0.29) is 0 Å². The first-order chi connectivity index (χ1) is 8.24. The summed E-state index contributed by atoms with van der Waals surface area (Å²) in [6.45, 7) is 3.24. The SMILES string of the molecule is Clc1cc(N2CCOCC2)cn2nc(Br)nc12. The van der Waals surface area contributed by atoms with E-state index in [2.05, 4.69) is 30.9 Å². The Morgan fingerprint density at radius 1 is 1.35 bits per heavy atom. The molecule has 3 heterocycles. The summed E-state index contributed by atoms with van der Waals surface area (Å²) >= 11 is 9.44. The molecule has 0 aromatic carbocycles. The van der Waals surface area contributed by atoms with Gasteiger partial charge in [-0.2, -0.15) is 4.98 Å². The van der Waals surface area contributed by atoms with Gasteiger partial charge in [0.15, 0.2) is 5.65 Å². The van der Waals surface area contributed by atoms with Crippen LogP contribution >= 0.6 is 27.5 Å². The number of fused-ring (bicyclic) bond motifs is 1. The average Bonchev–Trinajstić information content (AvgIpc) is 2.71. The molecule has 7 heteroatoms. The van der Waals surface area contributed by atoms with E-state index in [1.807, 2.05) is 12.3 Å². The topological polar surface area (TPSA) is 42.7 Å². The van der Waals surface area contributed by atoms with Crippen molar-refractivity contribution in [3.05, 3.63) is 22.0 Å². The fourth-order valence-electron chi connectivity index (χ4n) is 1.90. The maximum absolute atomic E-state index is 6.19. The number of halogens is 2. The van der Waals surface area contributed by atoms with Crippen LogP contribution < -0.4 is 4.90 Å². The molecule has 90 valence electrons. The van der Waals surface area contributed by atoms with Crippen LogP contribution in [0.25, 0.3) is 5.65 Å². The molecule has 0 spiro atoms. The summed E-state index contributed by atoms with van der Waals surface area (Å²) in [6.07, 6.45) is 1.93. The number of hydrogen-bond acceptors (Lipinski definition) is 4. The number of aromatic nitrogens is 3. The fraction of sp³-hybridized carbons (Fsp3) is 0.400. The predicted octanol–water partition coefficient (Wildman–Crippen LogP) is 1.98. The average molecular weight is 318 g/mol. The molecule has 2 aromatic rings. The highest BCUT2D eigenvalue weighted by molar-refractivity contribution is 9.10. The van der Waals surface area contributed by atoms with E-state index in [1.54, 1.807) is 4.52 Å². The zero-order chi connectivity index (χ0) is 11.8. The van der Waals surface area contributed by atoms with Crippen molar-refractivity contribution in [2.75, 3.05) is 31.2 Å². The molecule has 1 aliphatic rings. The third kappa shape index (κ3) is 2.12. The second-order valence-electron chi connectivity index (χ2n) is 3.79. The molecule has 2 aromatic heterocycles. The van der Waals surface area contributed by atoms with Gasteiger partial charge in [0.2, 0.25) is 4.73 Å². The monoisotopic (exact) mass is 316 g/mol. The largest absolute Gasteiger partial charge is 0.378 e. The number of pyridine rings is 1. The highest BCUT2D eigenvalue weighted by atomic mass is 79.9. The van der Waals surface area contributed by atoms with E-state index in [0.717, 1.165) is 32.0 Å². The number of nitrogens with zero attached hydrogens (tertiary/aromatic N) is 4. The van der Waals surface area contributed by atoms with Gasteiger partial charge in [0.25, 0.3) is 0 Å². The summed E-state index contributed by atoms with van der Waals surface area (Å²) in [4.78, 5) is 6.42. The van der Waals surface area contributed by atoms with Crippen molar-refractivity contribution in [1.82, 2.24) is 14.6 Å². The van der Waals surface area contributed by atoms with E-state index < -0.39 is 0 Å². The van der Waals surface area contributed by atoms with Crippen molar-refractivity contribution < 1.29 is 4.74 Å². The summed E-state index contributed by atoms with van der Waals surface area (Å²) in [5.41, 5.74) is 1.71. The van der Waals surface area contributed by atoms with Crippen LogP contribution in [0.15, 0.2) is 17.0 Å². The number of rotatable bonds is 1. The van der Waals surface area contributed by atoms with Gasteiger partial charge in [0.1, 0.15) is 0 Å². The minimum atomic E-state index is 0.540. The van der Waals surface area contributed by atoms with Gasteiger partial charge in [-0.25, -0.2) is 4.52 Å². The molecule has 1 fully saturated rings. The van der Waals surface area contributed by atoms with Crippen molar-refractivity contribution in [2.24, 2.45) is 0 Å². The number of anilines is 1. The lowest BCUT2D eigenvalue weighted by Crippen LogP contribution is -2.36. The molecule has 5 nitrogen and oxygen atoms in total. The van der Waals surface area contributed by atoms with Crippen molar-refractivity contribution in [1.29, 1.82) is 0 Å². The molecule has 1 aliphatic heterocycles. The Labute approximate surface area is 111 Å². The Morgan fingerprint density at radius 2 is 2.12 bits per heavy atom. The molecule has 0 bridgehead atoms. The van der Waals surface area contributed by atoms with E-state index in [0.29, 0.717) is 15.4 Å². The van der Waals surface area contributed by atoms with Crippen molar-refractivity contribution >= 4 is 38.9 Å². The number of hydrogen-bond donors (Lipinski definition) is 0. The molecule has 0 radical (unpaired) electrons. The zero-order valence-corrected chi connectivity index (χ0v) is 11.3. The van der Waals surface area contributed by atoms with E-state index in [9.17, 15) is 0 Å². The maximum atomic E-state index is 6.19. The Hall–Kier alpha value is -0.850. The quantitative estimate of drug-likeness (QED) is 0.806. The predicted molar refractivity (Wildman–Crippen MR) is 68.7 cm³/mol. The summed E-state index contributed by atoms with van der Waals surface area (Å²) < 4.78 is 7.56. The molecule has 0 atom stereocenters. The third-order valence-corrected chi connectivity index (χ3v) is 3.34. The first-order valence-electron chi connectivity index (χ1n) is 5.28. The Kier molecular flexibility index (Phi) is 2.94. The normalized spacial score (nSPS) is 16.7. The molecular weight excluding hydrogens is 307 g/mol. The second kappa shape index (κ2) is 4.44. The minimum Gasteiger partial charge on any atom is -0.378 e. The Bertz CT molecular complexity index is 552. The van der Waals surface area contributed by atoms with Crippen LogP contribution in [0.3, 0.4) is 0 Å². The Morgan fingerprint density at radius 3 is 2.88 bits per heavy atom. The van der Waals surface area contributed by atoms with Gasteiger partial charge < -0.3 is 9.64 Å². The van der Waals surface area contributed by atoms with Gasteiger partial charge in [0, 0.05) is 13.1 Å². The molecule has 0 unspecified atom stereocenters. The molecular formula is C10H10BrClN4O. The van der Waals surface area contributed by atoms with Gasteiger partial charge in [0.05, 0.1) is 30.1 Å². The smallest absolute Gasteiger partial charge is 0.218 e. The molecule has 0 amide bonds. The highest BCUT2D eigenvalue weighted by Gasteiger charge is 2.14. The van der Waals surface area contributed by atoms with Crippen LogP contribution in [-0.2, 0) is 4.74 Å². The van der Waals surface area contributed by atoms with Crippen LogP contribution in [0.1, 0.15) is 0 Å². The molecule has 0 saturated carbocycles. The number of ether oxygens (including phenoxy) is 1. The second-order valence-corrected chi connectivity index (χ2v) is 4.91. The lowest BCUT2D eigenvalue weighted by atomic mass is 10.3. The molecule has 1 saturated heterocycles. The maximum Gasteiger partial charge on any atom is 0.218 e. The van der Waals surface area contributed by atoms with Gasteiger partial charge >= 0.3 is 0 Å². The summed E-state index contributed by atoms with van der Waals surface area (Å²) in [6, 6.07) is 1.92. The van der Waals surface area contributed by atoms with Gasteiger partial charge in [-0.3, -0.25) is 0 Å². The first kappa shape index (κ1) is 11.3. The van der Waals surface area contributed by atoms with Crippen molar-refractivity contribution in [3.63, 3.8) is 0 Å². The van der Waals surface area contributed by atoms with E-state index in [1.165, 1.54) is 0 Å². The van der Waals surface area contributed by atoms with E-state index in [4.69, 9.17) is 16.3 Å². The Balaban J connectivity index is 2.04. The lowest BCUT2D eigenvalue weighted by molar-refractivity contribution is 0.122. The van der Waals surface area contributed by atoms with Crippen LogP contribution in [-0.4, -0.2) is 40.9 Å². The summed E-state index contributed by atoms with van der Waals surface area (Å²) in [5, 5.41) is 4.81. The molecule has 0 aliphatic carbocycles. The molecule has 17 heavy (non-hydrogen) atoms. The van der Waals surface area contributed by atoms with Crippen molar-refractivity contribution in [3.8, 4) is 0 Å². The summed E-state index contributed by atoms with van der Waals surface area (Å²) in [7, 11) is 0. The fourth-order valence-corrected chi connectivity index (χ4v) is 2.48. The zero-order valence-electron chi connectivity index (χ0n) is 8.94. The van der Waals surface area contributed by atoms with E-state index >= 15 is 0 Å². The third-order valence-electron chi connectivity index (χ3n) is 2.72. The molecule has 0 N–H and O–H groups in total. The lowest BCUT2D eigenvalue weighted by Gasteiger charge is -2.28. The standard InChI is InChI=1S/C10H10BrClN4O/c11-10-13-9-8(12)5-7(6-16(9)14-10)15-1-3-17-4-2-15/h5-6H,1-4H2. The van der Waals surface area contributed by atoms with Crippen LogP contribution in [0.4, 0.5) is 5.69 Å². The number of morpholine rings is 1. The first-order valence-corrected chi connectivity index (χ1v) is 6.45. The van der Waals surface area contributed by atoms with Crippen molar-refractivity contribution in [2.45, 2.75) is 0 Å². The minimum absolute atomic E-state index is 0.540. The van der Waals surface area contributed by atoms with Crippen LogP contribution in [0.5, 0.6) is 0 Å². The molecule has 3 rings (SSSR count).